The zero-order valence-electron chi connectivity index (χ0n) is 4.56. The largest absolute Gasteiger partial charge is 0.379 e. The van der Waals surface area contributed by atoms with Crippen molar-refractivity contribution in [2.45, 2.75) is 19.6 Å². The summed E-state index contributed by atoms with van der Waals surface area (Å²) in [7, 11) is 0. The lowest BCUT2D eigenvalue weighted by molar-refractivity contribution is 0.0981. The monoisotopic (exact) mass is 125 g/mol. The molecule has 0 heterocycles. The van der Waals surface area contributed by atoms with E-state index in [0.717, 1.165) is 0 Å². The summed E-state index contributed by atoms with van der Waals surface area (Å²) in [6.45, 7) is 0.944. The lowest BCUT2D eigenvalue weighted by Gasteiger charge is -2.04. The molecule has 1 unspecified atom stereocenters. The van der Waals surface area contributed by atoms with Gasteiger partial charge in [-0.1, -0.05) is 0 Å². The fraction of sp³-hybridized carbons (Fsp3) is 1.00. The van der Waals surface area contributed by atoms with Gasteiger partial charge in [-0.15, -0.1) is 0 Å². The Bertz CT molecular complexity index is 50.0. The van der Waals surface area contributed by atoms with Crippen LogP contribution in [0.4, 0.5) is 8.78 Å². The summed E-state index contributed by atoms with van der Waals surface area (Å²) in [6.07, 6.45) is -3.23. The van der Waals surface area contributed by atoms with Gasteiger partial charge in [0.15, 0.2) is 0 Å². The molecular formula is C4H9F2NO. The van der Waals surface area contributed by atoms with Gasteiger partial charge in [0.2, 0.25) is 0 Å². The molecule has 0 aliphatic carbocycles. The number of hydrogen-bond donors (Lipinski definition) is 2. The zero-order chi connectivity index (χ0) is 6.57. The van der Waals surface area contributed by atoms with Crippen LogP contribution in [0.2, 0.25) is 0 Å². The first-order valence-corrected chi connectivity index (χ1v) is 2.32. The molecule has 2 nitrogen and oxygen atoms in total. The van der Waals surface area contributed by atoms with Crippen LogP contribution in [-0.4, -0.2) is 24.3 Å². The van der Waals surface area contributed by atoms with Gasteiger partial charge in [0.1, 0.15) is 6.23 Å². The molecule has 0 aromatic heterocycles. The van der Waals surface area contributed by atoms with E-state index in [0.29, 0.717) is 0 Å². The van der Waals surface area contributed by atoms with E-state index in [2.05, 4.69) is 5.32 Å². The van der Waals surface area contributed by atoms with Crippen LogP contribution in [0.25, 0.3) is 0 Å². The van der Waals surface area contributed by atoms with Gasteiger partial charge in [-0.2, -0.15) is 0 Å². The molecule has 0 aliphatic rings. The van der Waals surface area contributed by atoms with Crippen LogP contribution >= 0.6 is 0 Å². The predicted octanol–water partition coefficient (Wildman–Crippen LogP) is 0.179. The Labute approximate surface area is 46.5 Å². The minimum atomic E-state index is -2.38. The summed E-state index contributed by atoms with van der Waals surface area (Å²) in [5, 5.41) is 10.5. The molecular weight excluding hydrogens is 116 g/mol. The van der Waals surface area contributed by atoms with Crippen molar-refractivity contribution in [1.82, 2.24) is 5.32 Å². The van der Waals surface area contributed by atoms with Gasteiger partial charge < -0.3 is 5.11 Å². The van der Waals surface area contributed by atoms with E-state index in [9.17, 15) is 8.78 Å². The lowest BCUT2D eigenvalue weighted by Crippen LogP contribution is -2.29. The first kappa shape index (κ1) is 7.78. The molecule has 0 amide bonds. The first-order chi connectivity index (χ1) is 3.63. The number of aliphatic hydroxyl groups excluding tert-OH is 1. The third-order valence-corrected chi connectivity index (χ3v) is 0.568. The Hall–Kier alpha value is -0.220. The highest BCUT2D eigenvalue weighted by Crippen LogP contribution is 1.87. The Morgan fingerprint density at radius 1 is 1.62 bits per heavy atom. The summed E-state index contributed by atoms with van der Waals surface area (Å²) in [5.41, 5.74) is 0. The molecule has 0 bridgehead atoms. The summed E-state index contributed by atoms with van der Waals surface area (Å²) in [6, 6.07) is 0. The topological polar surface area (TPSA) is 32.3 Å². The molecule has 0 fully saturated rings. The molecule has 0 saturated carbocycles. The van der Waals surface area contributed by atoms with E-state index < -0.39 is 19.2 Å². The van der Waals surface area contributed by atoms with Gasteiger partial charge in [-0.3, -0.25) is 5.32 Å². The summed E-state index contributed by atoms with van der Waals surface area (Å²) < 4.78 is 22.4. The van der Waals surface area contributed by atoms with Crippen molar-refractivity contribution >= 4 is 0 Å². The van der Waals surface area contributed by atoms with Gasteiger partial charge in [0.25, 0.3) is 6.43 Å². The van der Waals surface area contributed by atoms with E-state index >= 15 is 0 Å². The molecule has 0 saturated heterocycles. The highest BCUT2D eigenvalue weighted by atomic mass is 19.3. The van der Waals surface area contributed by atoms with Crippen molar-refractivity contribution in [3.05, 3.63) is 0 Å². The van der Waals surface area contributed by atoms with Crippen LogP contribution < -0.4 is 5.32 Å². The molecule has 0 rings (SSSR count). The van der Waals surface area contributed by atoms with Crippen molar-refractivity contribution in [2.24, 2.45) is 0 Å². The minimum absolute atomic E-state index is 0.447. The number of rotatable bonds is 3. The highest BCUT2D eigenvalue weighted by Gasteiger charge is 2.01. The fourth-order valence-electron chi connectivity index (χ4n) is 0.260. The van der Waals surface area contributed by atoms with Crippen LogP contribution in [0.5, 0.6) is 0 Å². The van der Waals surface area contributed by atoms with E-state index in [1.807, 2.05) is 0 Å². The summed E-state index contributed by atoms with van der Waals surface area (Å²) >= 11 is 0. The van der Waals surface area contributed by atoms with E-state index in [1.165, 1.54) is 6.92 Å². The maximum Gasteiger partial charge on any atom is 0.250 e. The van der Waals surface area contributed by atoms with Crippen LogP contribution in [-0.2, 0) is 0 Å². The Balaban J connectivity index is 2.93. The zero-order valence-corrected chi connectivity index (χ0v) is 4.56. The van der Waals surface area contributed by atoms with Crippen LogP contribution in [0.15, 0.2) is 0 Å². The smallest absolute Gasteiger partial charge is 0.250 e. The average molecular weight is 125 g/mol. The van der Waals surface area contributed by atoms with E-state index in [-0.39, 0.29) is 0 Å². The van der Waals surface area contributed by atoms with Gasteiger partial charge in [0, 0.05) is 0 Å². The Morgan fingerprint density at radius 3 is 2.25 bits per heavy atom. The van der Waals surface area contributed by atoms with Crippen molar-refractivity contribution in [2.75, 3.05) is 6.54 Å². The number of nitrogens with one attached hydrogen (secondary N) is 1. The molecule has 0 radical (unpaired) electrons. The number of alkyl halides is 2. The normalized spacial score (nSPS) is 14.6. The van der Waals surface area contributed by atoms with E-state index in [4.69, 9.17) is 5.11 Å². The molecule has 50 valence electrons. The molecule has 0 spiro atoms. The van der Waals surface area contributed by atoms with Gasteiger partial charge in [-0.25, -0.2) is 8.78 Å². The first-order valence-electron chi connectivity index (χ1n) is 2.32. The number of hydrogen-bond acceptors (Lipinski definition) is 2. The maximum absolute atomic E-state index is 11.2. The van der Waals surface area contributed by atoms with Crippen molar-refractivity contribution in [1.29, 1.82) is 0 Å². The second-order valence-corrected chi connectivity index (χ2v) is 1.48. The van der Waals surface area contributed by atoms with Crippen molar-refractivity contribution in [3.63, 3.8) is 0 Å². The summed E-state index contributed by atoms with van der Waals surface area (Å²) in [5.74, 6) is 0. The Morgan fingerprint density at radius 2 is 2.12 bits per heavy atom. The number of halogens is 2. The second-order valence-electron chi connectivity index (χ2n) is 1.48. The molecule has 4 heteroatoms. The highest BCUT2D eigenvalue weighted by molar-refractivity contribution is 4.46. The quantitative estimate of drug-likeness (QED) is 0.527. The molecule has 0 aromatic rings. The SMILES string of the molecule is CC(O)NCC(F)F. The minimum Gasteiger partial charge on any atom is -0.379 e. The van der Waals surface area contributed by atoms with Crippen LogP contribution in [0.1, 0.15) is 6.92 Å². The molecule has 2 N–H and O–H groups in total. The van der Waals surface area contributed by atoms with E-state index in [1.54, 1.807) is 0 Å². The molecule has 0 aliphatic heterocycles. The summed E-state index contributed by atoms with van der Waals surface area (Å²) in [4.78, 5) is 0. The number of aliphatic hydroxyl groups is 1. The standard InChI is InChI=1S/C4H9F2NO/c1-3(8)7-2-4(5)6/h3-4,7-8H,2H2,1H3. The molecule has 8 heavy (non-hydrogen) atoms. The van der Waals surface area contributed by atoms with Crippen LogP contribution in [0.3, 0.4) is 0 Å². The second kappa shape index (κ2) is 3.74. The van der Waals surface area contributed by atoms with Crippen molar-refractivity contribution in [3.8, 4) is 0 Å². The van der Waals surface area contributed by atoms with Gasteiger partial charge >= 0.3 is 0 Å². The van der Waals surface area contributed by atoms with Crippen molar-refractivity contribution < 1.29 is 13.9 Å². The Kier molecular flexibility index (Phi) is 3.64. The third kappa shape index (κ3) is 5.78. The predicted molar refractivity (Wildman–Crippen MR) is 25.7 cm³/mol. The molecule has 0 aromatic carbocycles. The fourth-order valence-corrected chi connectivity index (χ4v) is 0.260. The maximum atomic E-state index is 11.2. The van der Waals surface area contributed by atoms with Gasteiger partial charge in [0.05, 0.1) is 6.54 Å². The third-order valence-electron chi connectivity index (χ3n) is 0.568. The van der Waals surface area contributed by atoms with Crippen LogP contribution in [0, 0.1) is 0 Å². The molecule has 1 atom stereocenters. The lowest BCUT2D eigenvalue weighted by atomic mass is 10.6. The average Bonchev–Trinajstić information content (AvgIpc) is 1.61. The van der Waals surface area contributed by atoms with Gasteiger partial charge in [-0.05, 0) is 6.92 Å².